The molecule has 88 valence electrons. The molecular weight excluding hydrogens is 260 g/mol. The number of nitrogens with one attached hydrogen (secondary N) is 2. The van der Waals surface area contributed by atoms with Gasteiger partial charge in [0.25, 0.3) is 5.91 Å². The van der Waals surface area contributed by atoms with Gasteiger partial charge in [0.2, 0.25) is 0 Å². The highest BCUT2D eigenvalue weighted by molar-refractivity contribution is 7.80. The highest BCUT2D eigenvalue weighted by Crippen LogP contribution is 2.25. The van der Waals surface area contributed by atoms with Crippen molar-refractivity contribution < 1.29 is 9.53 Å². The van der Waals surface area contributed by atoms with E-state index < -0.39 is 0 Å². The molecule has 1 aliphatic rings. The maximum atomic E-state index is 11.4. The van der Waals surface area contributed by atoms with E-state index in [9.17, 15) is 4.79 Å². The fraction of sp³-hybridized carbons (Fsp3) is 0.0909. The monoisotopic (exact) mass is 268 g/mol. The smallest absolute Gasteiger partial charge is 0.273 e. The lowest BCUT2D eigenvalue weighted by molar-refractivity contribution is -0.115. The number of carbonyl (C=O) groups excluding carboxylic acids is 1. The predicted octanol–water partition coefficient (Wildman–Crippen LogP) is 1.69. The number of carbonyl (C=O) groups is 1. The van der Waals surface area contributed by atoms with Crippen LogP contribution < -0.4 is 15.4 Å². The molecule has 0 bridgehead atoms. The first-order chi connectivity index (χ1) is 8.10. The van der Waals surface area contributed by atoms with Crippen molar-refractivity contribution >= 4 is 40.9 Å². The number of halogens is 1. The topological polar surface area (TPSA) is 50.4 Å². The van der Waals surface area contributed by atoms with Crippen LogP contribution in [0, 0.1) is 0 Å². The molecule has 0 radical (unpaired) electrons. The molecule has 1 saturated heterocycles. The van der Waals surface area contributed by atoms with Gasteiger partial charge in [-0.15, -0.1) is 0 Å². The van der Waals surface area contributed by atoms with Crippen LogP contribution in [0.3, 0.4) is 0 Å². The normalized spacial score (nSPS) is 16.9. The van der Waals surface area contributed by atoms with E-state index in [4.69, 9.17) is 28.6 Å². The van der Waals surface area contributed by atoms with Crippen LogP contribution >= 0.6 is 23.8 Å². The van der Waals surface area contributed by atoms with E-state index in [0.717, 1.165) is 5.56 Å². The van der Waals surface area contributed by atoms with Crippen LogP contribution in [0.25, 0.3) is 6.08 Å². The van der Waals surface area contributed by atoms with E-state index in [2.05, 4.69) is 10.6 Å². The summed E-state index contributed by atoms with van der Waals surface area (Å²) in [6, 6.07) is 5.25. The quantitative estimate of drug-likeness (QED) is 0.633. The third-order valence-corrected chi connectivity index (χ3v) is 2.71. The predicted molar refractivity (Wildman–Crippen MR) is 69.9 cm³/mol. The Kier molecular flexibility index (Phi) is 3.31. The fourth-order valence-corrected chi connectivity index (χ4v) is 1.89. The third kappa shape index (κ3) is 2.57. The van der Waals surface area contributed by atoms with Gasteiger partial charge < -0.3 is 10.1 Å². The molecular formula is C11H9ClN2O2S. The van der Waals surface area contributed by atoms with Gasteiger partial charge in [-0.2, -0.15) is 0 Å². The summed E-state index contributed by atoms with van der Waals surface area (Å²) in [5.41, 5.74) is 1.19. The first-order valence-corrected chi connectivity index (χ1v) is 5.56. The van der Waals surface area contributed by atoms with Crippen molar-refractivity contribution in [3.8, 4) is 5.75 Å². The number of rotatable bonds is 2. The SMILES string of the molecule is COc1ccc(C=C2NC(=S)NC2=O)cc1Cl. The number of hydrogen-bond acceptors (Lipinski definition) is 3. The molecule has 1 aromatic carbocycles. The van der Waals surface area contributed by atoms with Gasteiger partial charge in [0.15, 0.2) is 5.11 Å². The number of thiocarbonyl (C=S) groups is 1. The minimum atomic E-state index is -0.248. The van der Waals surface area contributed by atoms with E-state index in [1.807, 2.05) is 0 Å². The first-order valence-electron chi connectivity index (χ1n) is 4.77. The molecule has 0 spiro atoms. The summed E-state index contributed by atoms with van der Waals surface area (Å²) in [6.45, 7) is 0. The van der Waals surface area contributed by atoms with E-state index in [1.54, 1.807) is 31.4 Å². The summed E-state index contributed by atoms with van der Waals surface area (Å²) < 4.78 is 5.04. The van der Waals surface area contributed by atoms with Crippen molar-refractivity contribution in [1.82, 2.24) is 10.6 Å². The molecule has 2 N–H and O–H groups in total. The molecule has 0 atom stereocenters. The van der Waals surface area contributed by atoms with Gasteiger partial charge >= 0.3 is 0 Å². The molecule has 0 aliphatic carbocycles. The van der Waals surface area contributed by atoms with Crippen LogP contribution in [0.5, 0.6) is 5.75 Å². The average Bonchev–Trinajstić information content (AvgIpc) is 2.58. The van der Waals surface area contributed by atoms with Crippen molar-refractivity contribution in [3.05, 3.63) is 34.5 Å². The maximum absolute atomic E-state index is 11.4. The zero-order chi connectivity index (χ0) is 12.4. The Balaban J connectivity index is 2.30. The van der Waals surface area contributed by atoms with Crippen LogP contribution in [0.4, 0.5) is 0 Å². The zero-order valence-corrected chi connectivity index (χ0v) is 10.5. The molecule has 1 amide bonds. The molecule has 0 aromatic heterocycles. The van der Waals surface area contributed by atoms with Gasteiger partial charge in [0, 0.05) is 0 Å². The first kappa shape index (κ1) is 11.9. The van der Waals surface area contributed by atoms with E-state index >= 15 is 0 Å². The van der Waals surface area contributed by atoms with Crippen LogP contribution in [-0.2, 0) is 4.79 Å². The molecule has 0 saturated carbocycles. The minimum Gasteiger partial charge on any atom is -0.495 e. The van der Waals surface area contributed by atoms with Gasteiger partial charge in [-0.3, -0.25) is 10.1 Å². The summed E-state index contributed by atoms with van der Waals surface area (Å²) in [4.78, 5) is 11.4. The Labute approximate surface area is 109 Å². The highest BCUT2D eigenvalue weighted by atomic mass is 35.5. The third-order valence-electron chi connectivity index (χ3n) is 2.21. The Morgan fingerprint density at radius 3 is 2.71 bits per heavy atom. The van der Waals surface area contributed by atoms with Crippen LogP contribution in [-0.4, -0.2) is 18.1 Å². The van der Waals surface area contributed by atoms with Crippen LogP contribution in [0.1, 0.15) is 5.56 Å². The number of methoxy groups -OCH3 is 1. The second-order valence-electron chi connectivity index (χ2n) is 3.36. The second kappa shape index (κ2) is 4.73. The fourth-order valence-electron chi connectivity index (χ4n) is 1.42. The average molecular weight is 269 g/mol. The standard InChI is InChI=1S/C11H9ClN2O2S/c1-16-9-3-2-6(4-7(9)12)5-8-10(15)14-11(17)13-8/h2-5H,1H3,(H2,13,14,15,17). The van der Waals surface area contributed by atoms with Crippen molar-refractivity contribution in [2.45, 2.75) is 0 Å². The number of amides is 1. The summed E-state index contributed by atoms with van der Waals surface area (Å²) in [7, 11) is 1.55. The molecule has 4 nitrogen and oxygen atoms in total. The maximum Gasteiger partial charge on any atom is 0.273 e. The Morgan fingerprint density at radius 2 is 2.18 bits per heavy atom. The summed E-state index contributed by atoms with van der Waals surface area (Å²) in [5, 5.41) is 6.03. The lowest BCUT2D eigenvalue weighted by atomic mass is 10.2. The van der Waals surface area contributed by atoms with Gasteiger partial charge in [-0.1, -0.05) is 17.7 Å². The van der Waals surface area contributed by atoms with Gasteiger partial charge in [0.1, 0.15) is 11.4 Å². The number of ether oxygens (including phenoxy) is 1. The van der Waals surface area contributed by atoms with Crippen molar-refractivity contribution in [2.75, 3.05) is 7.11 Å². The van der Waals surface area contributed by atoms with Gasteiger partial charge in [-0.25, -0.2) is 0 Å². The van der Waals surface area contributed by atoms with Crippen molar-refractivity contribution in [2.24, 2.45) is 0 Å². The Bertz CT molecular complexity index is 528. The van der Waals surface area contributed by atoms with Crippen LogP contribution in [0.15, 0.2) is 23.9 Å². The van der Waals surface area contributed by atoms with Gasteiger partial charge in [-0.05, 0) is 36.0 Å². The van der Waals surface area contributed by atoms with Gasteiger partial charge in [0.05, 0.1) is 12.1 Å². The molecule has 6 heteroatoms. The molecule has 1 aromatic rings. The Morgan fingerprint density at radius 1 is 1.41 bits per heavy atom. The summed E-state index contributed by atoms with van der Waals surface area (Å²) in [6.07, 6.45) is 1.67. The molecule has 1 aliphatic heterocycles. The summed E-state index contributed by atoms with van der Waals surface area (Å²) >= 11 is 10.8. The lowest BCUT2D eigenvalue weighted by Crippen LogP contribution is -2.21. The largest absolute Gasteiger partial charge is 0.495 e. The molecule has 1 fully saturated rings. The number of hydrogen-bond donors (Lipinski definition) is 2. The highest BCUT2D eigenvalue weighted by Gasteiger charge is 2.19. The van der Waals surface area contributed by atoms with E-state index in [-0.39, 0.29) is 5.91 Å². The molecule has 1 heterocycles. The minimum absolute atomic E-state index is 0.248. The van der Waals surface area contributed by atoms with Crippen LogP contribution in [0.2, 0.25) is 5.02 Å². The lowest BCUT2D eigenvalue weighted by Gasteiger charge is -2.03. The Hall–Kier alpha value is -1.59. The van der Waals surface area contributed by atoms with Crippen molar-refractivity contribution in [3.63, 3.8) is 0 Å². The summed E-state index contributed by atoms with van der Waals surface area (Å²) in [5.74, 6) is 0.343. The molecule has 0 unspecified atom stereocenters. The molecule has 2 rings (SSSR count). The zero-order valence-electron chi connectivity index (χ0n) is 8.91. The van der Waals surface area contributed by atoms with E-state index in [1.165, 1.54) is 0 Å². The number of benzene rings is 1. The second-order valence-corrected chi connectivity index (χ2v) is 4.18. The van der Waals surface area contributed by atoms with E-state index in [0.29, 0.717) is 21.6 Å². The molecule has 17 heavy (non-hydrogen) atoms. The van der Waals surface area contributed by atoms with Crippen molar-refractivity contribution in [1.29, 1.82) is 0 Å².